The first-order valence-corrected chi connectivity index (χ1v) is 10.2. The van der Waals surface area contributed by atoms with Crippen molar-refractivity contribution in [2.24, 2.45) is 5.73 Å². The van der Waals surface area contributed by atoms with E-state index in [0.717, 1.165) is 25.0 Å². The summed E-state index contributed by atoms with van der Waals surface area (Å²) in [6.45, 7) is -0.802. The smallest absolute Gasteiger partial charge is 0.315 e. The van der Waals surface area contributed by atoms with E-state index in [-0.39, 0.29) is 24.5 Å². The number of rotatable bonds is 10. The molecule has 12 nitrogen and oxygen atoms in total. The van der Waals surface area contributed by atoms with Crippen LogP contribution in [0.15, 0.2) is 0 Å². The van der Waals surface area contributed by atoms with E-state index in [4.69, 9.17) is 30.6 Å². The maximum Gasteiger partial charge on any atom is 0.315 e. The number of aliphatic carboxylic acids is 1. The Hall–Kier alpha value is -1.64. The van der Waals surface area contributed by atoms with E-state index >= 15 is 0 Å². The Balaban J connectivity index is 0.000000298. The van der Waals surface area contributed by atoms with Gasteiger partial charge in [0.25, 0.3) is 0 Å². The molecule has 29 heavy (non-hydrogen) atoms. The number of fused-ring (bicyclic) bond motifs is 1. The first kappa shape index (κ1) is 25.4. The van der Waals surface area contributed by atoms with Gasteiger partial charge in [0.2, 0.25) is 5.91 Å². The van der Waals surface area contributed by atoms with Crippen LogP contribution in [-0.4, -0.2) is 103 Å². The van der Waals surface area contributed by atoms with Crippen molar-refractivity contribution in [2.75, 3.05) is 12.4 Å². The van der Waals surface area contributed by atoms with Crippen molar-refractivity contribution < 1.29 is 45.0 Å². The number of carboxylic acids is 1. The zero-order valence-electron chi connectivity index (χ0n) is 15.7. The van der Waals surface area contributed by atoms with Crippen LogP contribution in [0.4, 0.5) is 4.79 Å². The number of thioether (sulfide) groups is 1. The SMILES string of the molecule is NC(=O)[C@@H](O)[C@@H](O)[C@H](O)[C@H](O)CO.O=C(O)CCCC[C@@H]1SC[C@@H]2NC(=O)N[C@@H]21. The summed E-state index contributed by atoms with van der Waals surface area (Å²) in [5, 5.41) is 58.7. The second-order valence-corrected chi connectivity index (χ2v) is 8.11. The van der Waals surface area contributed by atoms with Crippen LogP contribution in [0.1, 0.15) is 25.7 Å². The summed E-state index contributed by atoms with van der Waals surface area (Å²) in [6, 6.07) is 0.440. The number of hydrogen-bond acceptors (Lipinski definition) is 9. The molecule has 2 rings (SSSR count). The zero-order chi connectivity index (χ0) is 22.1. The minimum absolute atomic E-state index is 0.0640. The molecular weight excluding hydrogens is 410 g/mol. The fraction of sp³-hybridized carbons (Fsp3) is 0.812. The molecule has 0 radical (unpaired) electrons. The molecule has 0 aromatic rings. The van der Waals surface area contributed by atoms with Crippen LogP contribution in [0.2, 0.25) is 0 Å². The fourth-order valence-electron chi connectivity index (χ4n) is 2.96. The number of aliphatic hydroxyl groups excluding tert-OH is 5. The summed E-state index contributed by atoms with van der Waals surface area (Å²) in [5.74, 6) is -0.989. The quantitative estimate of drug-likeness (QED) is 0.122. The Kier molecular flexibility index (Phi) is 10.6. The zero-order valence-corrected chi connectivity index (χ0v) is 16.5. The van der Waals surface area contributed by atoms with Crippen LogP contribution in [0.5, 0.6) is 0 Å². The van der Waals surface area contributed by atoms with E-state index in [1.165, 1.54) is 0 Å². The van der Waals surface area contributed by atoms with Crippen molar-refractivity contribution in [3.8, 4) is 0 Å². The number of urea groups is 1. The van der Waals surface area contributed by atoms with Crippen molar-refractivity contribution in [2.45, 2.75) is 67.4 Å². The molecule has 7 atom stereocenters. The summed E-state index contributed by atoms with van der Waals surface area (Å²) in [4.78, 5) is 31.8. The Labute approximate surface area is 171 Å². The van der Waals surface area contributed by atoms with E-state index in [1.54, 1.807) is 0 Å². The molecule has 0 aliphatic carbocycles. The number of nitrogens with two attached hydrogens (primary N) is 1. The van der Waals surface area contributed by atoms with Gasteiger partial charge in [0.05, 0.1) is 18.7 Å². The molecule has 3 amide bonds. The lowest BCUT2D eigenvalue weighted by molar-refractivity contribution is -0.146. The minimum atomic E-state index is -1.98. The lowest BCUT2D eigenvalue weighted by atomic mass is 10.0. The first-order chi connectivity index (χ1) is 13.6. The Morgan fingerprint density at radius 3 is 2.34 bits per heavy atom. The van der Waals surface area contributed by atoms with Gasteiger partial charge in [-0.2, -0.15) is 11.8 Å². The van der Waals surface area contributed by atoms with E-state index in [0.29, 0.717) is 5.25 Å². The van der Waals surface area contributed by atoms with Crippen LogP contribution in [-0.2, 0) is 9.59 Å². The highest BCUT2D eigenvalue weighted by Gasteiger charge is 2.42. The summed E-state index contributed by atoms with van der Waals surface area (Å²) in [7, 11) is 0. The number of carbonyl (C=O) groups excluding carboxylic acids is 2. The Morgan fingerprint density at radius 1 is 1.14 bits per heavy atom. The maximum atomic E-state index is 11.1. The van der Waals surface area contributed by atoms with Crippen molar-refractivity contribution in [3.63, 3.8) is 0 Å². The molecule has 2 aliphatic rings. The molecule has 13 heteroatoms. The highest BCUT2D eigenvalue weighted by molar-refractivity contribution is 8.00. The predicted octanol–water partition coefficient (Wildman–Crippen LogP) is -3.30. The second-order valence-electron chi connectivity index (χ2n) is 6.84. The number of carboxylic acid groups (broad SMARTS) is 1. The lowest BCUT2D eigenvalue weighted by Gasteiger charge is -2.23. The van der Waals surface area contributed by atoms with Crippen molar-refractivity contribution in [1.29, 1.82) is 0 Å². The molecule has 0 bridgehead atoms. The molecule has 2 aliphatic heterocycles. The standard InChI is InChI=1S/C10H16N2O3S.C6H13NO6/c13-8(14)4-2-1-3-7-9-6(5-16-7)11-10(15)12-9;7-6(13)5(12)4(11)3(10)2(9)1-8/h6-7,9H,1-5H2,(H,13,14)(H2,11,12,15);2-5,8-12H,1H2,(H2,7,13)/t6-,7-,9-;2-,3-,4+,5+/m01/s1. The van der Waals surface area contributed by atoms with Gasteiger partial charge in [-0.3, -0.25) is 9.59 Å². The molecule has 2 heterocycles. The normalized spacial score (nSPS) is 26.8. The van der Waals surface area contributed by atoms with E-state index < -0.39 is 42.9 Å². The van der Waals surface area contributed by atoms with Crippen LogP contribution >= 0.6 is 11.8 Å². The highest BCUT2D eigenvalue weighted by Crippen LogP contribution is 2.33. The van der Waals surface area contributed by atoms with Crippen molar-refractivity contribution in [3.05, 3.63) is 0 Å². The summed E-state index contributed by atoms with van der Waals surface area (Å²) >= 11 is 1.87. The van der Waals surface area contributed by atoms with Gasteiger partial charge >= 0.3 is 12.0 Å². The molecule has 0 aromatic heterocycles. The molecule has 0 unspecified atom stereocenters. The number of unbranched alkanes of at least 4 members (excludes halogenated alkanes) is 1. The summed E-state index contributed by atoms with van der Waals surface area (Å²) in [6.07, 6.45) is -4.47. The number of carbonyl (C=O) groups is 3. The first-order valence-electron chi connectivity index (χ1n) is 9.11. The minimum Gasteiger partial charge on any atom is -0.481 e. The van der Waals surface area contributed by atoms with Crippen LogP contribution in [0, 0.1) is 0 Å². The largest absolute Gasteiger partial charge is 0.481 e. The van der Waals surface area contributed by atoms with E-state index in [9.17, 15) is 14.4 Å². The molecule has 2 saturated heterocycles. The summed E-state index contributed by atoms with van der Waals surface area (Å²) in [5.41, 5.74) is 4.61. The maximum absolute atomic E-state index is 11.1. The van der Waals surface area contributed by atoms with Crippen molar-refractivity contribution in [1.82, 2.24) is 10.6 Å². The Bertz CT molecular complexity index is 568. The molecular formula is C16H29N3O9S. The fourth-order valence-corrected chi connectivity index (χ4v) is 4.50. The molecule has 2 fully saturated rings. The third kappa shape index (κ3) is 7.95. The van der Waals surface area contributed by atoms with Crippen LogP contribution in [0.3, 0.4) is 0 Å². The Morgan fingerprint density at radius 2 is 1.79 bits per heavy atom. The average molecular weight is 439 g/mol. The highest BCUT2D eigenvalue weighted by atomic mass is 32.2. The molecule has 0 aromatic carbocycles. The second kappa shape index (κ2) is 12.1. The van der Waals surface area contributed by atoms with Gasteiger partial charge in [0.1, 0.15) is 18.3 Å². The number of nitrogens with one attached hydrogen (secondary N) is 2. The summed E-state index contributed by atoms with van der Waals surface area (Å²) < 4.78 is 0. The van der Waals surface area contributed by atoms with Gasteiger partial charge in [-0.25, -0.2) is 4.79 Å². The van der Waals surface area contributed by atoms with Crippen LogP contribution in [0.25, 0.3) is 0 Å². The lowest BCUT2D eigenvalue weighted by Crippen LogP contribution is -2.50. The molecule has 0 spiro atoms. The van der Waals surface area contributed by atoms with Gasteiger partial charge in [-0.1, -0.05) is 6.42 Å². The van der Waals surface area contributed by atoms with Gasteiger partial charge in [0, 0.05) is 17.4 Å². The average Bonchev–Trinajstić information content (AvgIpc) is 3.22. The van der Waals surface area contributed by atoms with Gasteiger partial charge < -0.3 is 47.0 Å². The monoisotopic (exact) mass is 439 g/mol. The number of aliphatic hydroxyl groups is 5. The van der Waals surface area contributed by atoms with Crippen LogP contribution < -0.4 is 16.4 Å². The molecule has 10 N–H and O–H groups in total. The third-order valence-corrected chi connectivity index (χ3v) is 6.12. The molecule has 168 valence electrons. The topological polar surface area (TPSA) is 223 Å². The number of primary amides is 1. The predicted molar refractivity (Wildman–Crippen MR) is 102 cm³/mol. The third-order valence-electron chi connectivity index (χ3n) is 4.61. The van der Waals surface area contributed by atoms with Gasteiger partial charge in [-0.05, 0) is 12.8 Å². The van der Waals surface area contributed by atoms with E-state index in [1.807, 2.05) is 11.8 Å². The van der Waals surface area contributed by atoms with Crippen molar-refractivity contribution >= 4 is 29.7 Å². The van der Waals surface area contributed by atoms with Gasteiger partial charge in [0.15, 0.2) is 6.10 Å². The van der Waals surface area contributed by atoms with E-state index in [2.05, 4.69) is 16.4 Å². The van der Waals surface area contributed by atoms with Gasteiger partial charge in [-0.15, -0.1) is 0 Å². The molecule has 0 saturated carbocycles. The number of hydrogen-bond donors (Lipinski definition) is 9. The number of amides is 3.